The van der Waals surface area contributed by atoms with E-state index in [1.165, 1.54) is 0 Å². The monoisotopic (exact) mass is 339 g/mol. The van der Waals surface area contributed by atoms with E-state index in [1.807, 2.05) is 62.4 Å². The summed E-state index contributed by atoms with van der Waals surface area (Å²) < 4.78 is 0. The quantitative estimate of drug-likeness (QED) is 0.786. The molecule has 0 unspecified atom stereocenters. The molecule has 0 radical (unpaired) electrons. The first-order chi connectivity index (χ1) is 11.8. The molecule has 2 N–H and O–H groups in total. The third-order valence-electron chi connectivity index (χ3n) is 4.40. The molecule has 0 aromatic heterocycles. The SMILES string of the molecule is CC(C)[C@@H](CO)N=C(c1ccccc1)c1cccc(C(C)(C)C)c1O. The van der Waals surface area contributed by atoms with E-state index < -0.39 is 0 Å². The fraction of sp³-hybridized carbons (Fsp3) is 0.409. The Labute approximate surface area is 151 Å². The Morgan fingerprint density at radius 1 is 1.00 bits per heavy atom. The molecule has 2 aromatic carbocycles. The number of rotatable bonds is 5. The van der Waals surface area contributed by atoms with Gasteiger partial charge in [-0.3, -0.25) is 4.99 Å². The predicted molar refractivity (Wildman–Crippen MR) is 105 cm³/mol. The molecule has 3 heteroatoms. The molecule has 0 aliphatic carbocycles. The van der Waals surface area contributed by atoms with Crippen LogP contribution >= 0.6 is 0 Å². The van der Waals surface area contributed by atoms with Crippen LogP contribution in [0.1, 0.15) is 51.3 Å². The number of phenols is 1. The highest BCUT2D eigenvalue weighted by molar-refractivity contribution is 6.14. The predicted octanol–water partition coefficient (Wildman–Crippen LogP) is 4.54. The third-order valence-corrected chi connectivity index (χ3v) is 4.40. The van der Waals surface area contributed by atoms with Crippen molar-refractivity contribution in [2.75, 3.05) is 6.61 Å². The molecule has 0 aliphatic heterocycles. The number of nitrogens with zero attached hydrogens (tertiary/aromatic N) is 1. The van der Waals surface area contributed by atoms with Crippen LogP contribution in [-0.4, -0.2) is 28.6 Å². The number of para-hydroxylation sites is 1. The van der Waals surface area contributed by atoms with Crippen LogP contribution in [0.4, 0.5) is 0 Å². The lowest BCUT2D eigenvalue weighted by Crippen LogP contribution is -2.21. The molecule has 2 aromatic rings. The van der Waals surface area contributed by atoms with Crippen molar-refractivity contribution in [1.29, 1.82) is 0 Å². The molecule has 0 fully saturated rings. The summed E-state index contributed by atoms with van der Waals surface area (Å²) in [4.78, 5) is 4.83. The van der Waals surface area contributed by atoms with Gasteiger partial charge in [-0.1, -0.05) is 77.1 Å². The molecular formula is C22H29NO2. The third kappa shape index (κ3) is 4.49. The van der Waals surface area contributed by atoms with Crippen LogP contribution < -0.4 is 0 Å². The second-order valence-corrected chi connectivity index (χ2v) is 7.79. The zero-order valence-electron chi connectivity index (χ0n) is 15.8. The molecule has 134 valence electrons. The summed E-state index contributed by atoms with van der Waals surface area (Å²) in [5.74, 6) is 0.467. The highest BCUT2D eigenvalue weighted by atomic mass is 16.3. The molecule has 3 nitrogen and oxygen atoms in total. The smallest absolute Gasteiger partial charge is 0.128 e. The molecule has 0 saturated carbocycles. The van der Waals surface area contributed by atoms with Crippen LogP contribution in [-0.2, 0) is 5.41 Å². The van der Waals surface area contributed by atoms with Crippen LogP contribution in [0.25, 0.3) is 0 Å². The van der Waals surface area contributed by atoms with Crippen LogP contribution in [0.5, 0.6) is 5.75 Å². The van der Waals surface area contributed by atoms with Gasteiger partial charge in [0, 0.05) is 11.1 Å². The van der Waals surface area contributed by atoms with Crippen LogP contribution in [0.15, 0.2) is 53.5 Å². The van der Waals surface area contributed by atoms with E-state index >= 15 is 0 Å². The molecule has 0 bridgehead atoms. The summed E-state index contributed by atoms with van der Waals surface area (Å²) in [5.41, 5.74) is 3.08. The largest absolute Gasteiger partial charge is 0.507 e. The second kappa shape index (κ2) is 7.83. The van der Waals surface area contributed by atoms with Crippen molar-refractivity contribution in [1.82, 2.24) is 0 Å². The van der Waals surface area contributed by atoms with E-state index in [0.29, 0.717) is 5.56 Å². The van der Waals surface area contributed by atoms with E-state index in [2.05, 4.69) is 20.8 Å². The van der Waals surface area contributed by atoms with Crippen molar-refractivity contribution >= 4 is 5.71 Å². The van der Waals surface area contributed by atoms with Crippen LogP contribution in [0.2, 0.25) is 0 Å². The summed E-state index contributed by atoms with van der Waals surface area (Å²) in [5, 5.41) is 20.7. The lowest BCUT2D eigenvalue weighted by Gasteiger charge is -2.23. The van der Waals surface area contributed by atoms with Gasteiger partial charge in [0.15, 0.2) is 0 Å². The first-order valence-electron chi connectivity index (χ1n) is 8.82. The maximum atomic E-state index is 10.9. The van der Waals surface area contributed by atoms with Crippen molar-refractivity contribution in [3.05, 3.63) is 65.2 Å². The molecule has 0 spiro atoms. The van der Waals surface area contributed by atoms with Crippen molar-refractivity contribution in [3.63, 3.8) is 0 Å². The van der Waals surface area contributed by atoms with Gasteiger partial charge in [0.2, 0.25) is 0 Å². The number of phenolic OH excluding ortho intramolecular Hbond substituents is 1. The number of aliphatic hydroxyl groups is 1. The average molecular weight is 339 g/mol. The minimum Gasteiger partial charge on any atom is -0.507 e. The van der Waals surface area contributed by atoms with Crippen LogP contribution in [0, 0.1) is 5.92 Å². The zero-order chi connectivity index (χ0) is 18.6. The van der Waals surface area contributed by atoms with Crippen molar-refractivity contribution in [2.24, 2.45) is 10.9 Å². The fourth-order valence-electron chi connectivity index (χ4n) is 2.80. The number of aliphatic hydroxyl groups excluding tert-OH is 1. The van der Waals surface area contributed by atoms with Gasteiger partial charge < -0.3 is 10.2 Å². The Kier molecular flexibility index (Phi) is 6.02. The Bertz CT molecular complexity index is 727. The highest BCUT2D eigenvalue weighted by Gasteiger charge is 2.23. The summed E-state index contributed by atoms with van der Waals surface area (Å²) in [6.07, 6.45) is 0. The molecule has 25 heavy (non-hydrogen) atoms. The molecule has 0 heterocycles. The number of aliphatic imine (C=N–C) groups is 1. The number of hydrogen-bond acceptors (Lipinski definition) is 3. The summed E-state index contributed by atoms with van der Waals surface area (Å²) in [6.45, 7) is 10.3. The lowest BCUT2D eigenvalue weighted by molar-refractivity contribution is 0.240. The van der Waals surface area contributed by atoms with Gasteiger partial charge in [0.25, 0.3) is 0 Å². The minimum atomic E-state index is -0.215. The standard InChI is InChI=1S/C22H29NO2/c1-15(2)19(14-24)23-20(16-10-7-6-8-11-16)17-12-9-13-18(21(17)25)22(3,4)5/h6-13,15,19,24-25H,14H2,1-5H3/t19-/m1/s1. The minimum absolute atomic E-state index is 0.0201. The van der Waals surface area contributed by atoms with E-state index in [9.17, 15) is 10.2 Å². The van der Waals surface area contributed by atoms with Gasteiger partial charge in [-0.2, -0.15) is 0 Å². The number of benzene rings is 2. The van der Waals surface area contributed by atoms with Gasteiger partial charge in [-0.25, -0.2) is 0 Å². The number of hydrogen-bond donors (Lipinski definition) is 2. The van der Waals surface area contributed by atoms with E-state index in [4.69, 9.17) is 4.99 Å². The van der Waals surface area contributed by atoms with Gasteiger partial charge >= 0.3 is 0 Å². The van der Waals surface area contributed by atoms with E-state index in [0.717, 1.165) is 16.8 Å². The fourth-order valence-corrected chi connectivity index (χ4v) is 2.80. The Morgan fingerprint density at radius 2 is 1.64 bits per heavy atom. The van der Waals surface area contributed by atoms with Gasteiger partial charge in [-0.15, -0.1) is 0 Å². The van der Waals surface area contributed by atoms with Crippen molar-refractivity contribution < 1.29 is 10.2 Å². The van der Waals surface area contributed by atoms with Gasteiger partial charge in [0.1, 0.15) is 5.75 Å². The van der Waals surface area contributed by atoms with E-state index in [1.54, 1.807) is 0 Å². The Morgan fingerprint density at radius 3 is 2.16 bits per heavy atom. The topological polar surface area (TPSA) is 52.8 Å². The van der Waals surface area contributed by atoms with Gasteiger partial charge in [0.05, 0.1) is 18.4 Å². The molecule has 2 rings (SSSR count). The maximum Gasteiger partial charge on any atom is 0.128 e. The first-order valence-corrected chi connectivity index (χ1v) is 8.82. The van der Waals surface area contributed by atoms with Crippen molar-refractivity contribution in [2.45, 2.75) is 46.1 Å². The first kappa shape index (κ1) is 19.2. The molecule has 0 aliphatic rings. The molecule has 0 amide bonds. The molecule has 0 saturated heterocycles. The lowest BCUT2D eigenvalue weighted by atomic mass is 9.84. The van der Waals surface area contributed by atoms with E-state index in [-0.39, 0.29) is 29.7 Å². The molecular weight excluding hydrogens is 310 g/mol. The summed E-state index contributed by atoms with van der Waals surface area (Å²) in [7, 11) is 0. The van der Waals surface area contributed by atoms with Crippen molar-refractivity contribution in [3.8, 4) is 5.75 Å². The number of aromatic hydroxyl groups is 1. The summed E-state index contributed by atoms with van der Waals surface area (Å²) >= 11 is 0. The maximum absolute atomic E-state index is 10.9. The second-order valence-electron chi connectivity index (χ2n) is 7.79. The average Bonchev–Trinajstić information content (AvgIpc) is 2.56. The normalized spacial score (nSPS) is 14.0. The van der Waals surface area contributed by atoms with Crippen LogP contribution in [0.3, 0.4) is 0 Å². The van der Waals surface area contributed by atoms with Gasteiger partial charge in [-0.05, 0) is 23.0 Å². The highest BCUT2D eigenvalue weighted by Crippen LogP contribution is 2.34. The molecule has 1 atom stereocenters. The Hall–Kier alpha value is -2.13. The Balaban J connectivity index is 2.68. The zero-order valence-corrected chi connectivity index (χ0v) is 15.8. The summed E-state index contributed by atoms with van der Waals surface area (Å²) in [6, 6.07) is 15.4.